The van der Waals surface area contributed by atoms with Crippen molar-refractivity contribution in [1.29, 1.82) is 0 Å². The molecule has 204 valence electrons. The molecule has 3 rings (SSSR count). The lowest BCUT2D eigenvalue weighted by Gasteiger charge is -2.36. The molecule has 0 spiro atoms. The van der Waals surface area contributed by atoms with Crippen molar-refractivity contribution in [3.05, 3.63) is 95.7 Å². The predicted molar refractivity (Wildman–Crippen MR) is 149 cm³/mol. The number of rotatable bonds is 10. The van der Waals surface area contributed by atoms with Gasteiger partial charge in [-0.05, 0) is 55.0 Å². The van der Waals surface area contributed by atoms with E-state index < -0.39 is 40.4 Å². The van der Waals surface area contributed by atoms with Crippen LogP contribution in [0.2, 0.25) is 0 Å². The van der Waals surface area contributed by atoms with Crippen LogP contribution in [0.4, 0.5) is 10.5 Å². The fourth-order valence-corrected chi connectivity index (χ4v) is 5.58. The van der Waals surface area contributed by atoms with E-state index in [-0.39, 0.29) is 11.0 Å². The van der Waals surface area contributed by atoms with Crippen LogP contribution in [0.1, 0.15) is 45.6 Å². The number of aryl methyl sites for hydroxylation is 1. The van der Waals surface area contributed by atoms with Crippen LogP contribution >= 0.6 is 23.2 Å². The molecule has 0 radical (unpaired) electrons. The summed E-state index contributed by atoms with van der Waals surface area (Å²) in [6, 6.07) is 4.73. The second kappa shape index (κ2) is 13.1. The van der Waals surface area contributed by atoms with Gasteiger partial charge in [-0.2, -0.15) is 0 Å². The zero-order chi connectivity index (χ0) is 28.0. The van der Waals surface area contributed by atoms with Gasteiger partial charge in [0.2, 0.25) is 12.6 Å². The third-order valence-corrected chi connectivity index (χ3v) is 7.72. The molecule has 0 saturated heterocycles. The quantitative estimate of drug-likeness (QED) is 0.255. The first-order valence-corrected chi connectivity index (χ1v) is 13.5. The van der Waals surface area contributed by atoms with Gasteiger partial charge in [0.15, 0.2) is 0 Å². The van der Waals surface area contributed by atoms with Gasteiger partial charge in [0.05, 0.1) is 5.92 Å². The molecule has 0 aliphatic heterocycles. The molecule has 1 N–H and O–H groups in total. The summed E-state index contributed by atoms with van der Waals surface area (Å²) in [6.45, 7) is 5.18. The van der Waals surface area contributed by atoms with E-state index in [4.69, 9.17) is 23.2 Å². The average Bonchev–Trinajstić information content (AvgIpc) is 2.88. The molecule has 11 heteroatoms. The van der Waals surface area contributed by atoms with E-state index in [1.165, 1.54) is 11.0 Å². The molecule has 0 fully saturated rings. The smallest absolute Gasteiger partial charge is 0.310 e. The van der Waals surface area contributed by atoms with Gasteiger partial charge in [0, 0.05) is 43.3 Å². The Morgan fingerprint density at radius 1 is 1.13 bits per heavy atom. The lowest BCUT2D eigenvalue weighted by atomic mass is 9.85. The van der Waals surface area contributed by atoms with Crippen molar-refractivity contribution >= 4 is 34.9 Å². The summed E-state index contributed by atoms with van der Waals surface area (Å²) in [5.74, 6) is -0.983. The number of benzene rings is 1. The average molecular weight is 563 g/mol. The Balaban J connectivity index is 2.10. The van der Waals surface area contributed by atoms with Crippen LogP contribution < -0.4 is 10.2 Å². The summed E-state index contributed by atoms with van der Waals surface area (Å²) in [6.07, 6.45) is 8.70. The van der Waals surface area contributed by atoms with Gasteiger partial charge in [0.1, 0.15) is 6.04 Å². The van der Waals surface area contributed by atoms with Gasteiger partial charge in [0.25, 0.3) is 0 Å². The summed E-state index contributed by atoms with van der Waals surface area (Å²) in [5, 5.41) is 27.3. The molecule has 1 aromatic rings. The van der Waals surface area contributed by atoms with E-state index in [1.807, 2.05) is 32.9 Å². The highest BCUT2D eigenvalue weighted by Gasteiger charge is 2.40. The number of hydrogen-bond acceptors (Lipinski definition) is 5. The number of nitro groups is 2. The van der Waals surface area contributed by atoms with E-state index >= 15 is 0 Å². The summed E-state index contributed by atoms with van der Waals surface area (Å²) in [4.78, 5) is 38.2. The topological polar surface area (TPSA) is 119 Å². The van der Waals surface area contributed by atoms with Gasteiger partial charge in [-0.15, -0.1) is 0 Å². The van der Waals surface area contributed by atoms with Crippen molar-refractivity contribution in [3.63, 3.8) is 0 Å². The summed E-state index contributed by atoms with van der Waals surface area (Å²) in [5.41, 5.74) is 2.53. The molecule has 1 aromatic carbocycles. The van der Waals surface area contributed by atoms with Crippen LogP contribution in [0.3, 0.4) is 0 Å². The molecule has 9 nitrogen and oxygen atoms in total. The second-order valence-corrected chi connectivity index (χ2v) is 10.1. The molecular weight excluding hydrogens is 531 g/mol. The maximum Gasteiger partial charge on any atom is 0.326 e. The van der Waals surface area contributed by atoms with Crippen LogP contribution in [-0.4, -0.2) is 34.5 Å². The van der Waals surface area contributed by atoms with E-state index in [9.17, 15) is 25.0 Å². The number of urea groups is 1. The highest BCUT2D eigenvalue weighted by atomic mass is 35.5. The van der Waals surface area contributed by atoms with Gasteiger partial charge in [-0.25, -0.2) is 4.79 Å². The van der Waals surface area contributed by atoms with Crippen molar-refractivity contribution in [3.8, 4) is 0 Å². The molecule has 0 saturated carbocycles. The van der Waals surface area contributed by atoms with E-state index in [0.29, 0.717) is 41.3 Å². The number of allylic oxidation sites excluding steroid dienone is 5. The maximum atomic E-state index is 14.1. The molecule has 4 unspecified atom stereocenters. The van der Waals surface area contributed by atoms with Crippen molar-refractivity contribution in [2.24, 2.45) is 11.8 Å². The zero-order valence-electron chi connectivity index (χ0n) is 21.6. The first kappa shape index (κ1) is 29.4. The maximum absolute atomic E-state index is 14.1. The third-order valence-electron chi connectivity index (χ3n) is 7.08. The molecule has 2 amide bonds. The van der Waals surface area contributed by atoms with Crippen LogP contribution in [0.5, 0.6) is 0 Å². The third kappa shape index (κ3) is 6.63. The van der Waals surface area contributed by atoms with Crippen LogP contribution in [-0.2, 0) is 6.42 Å². The van der Waals surface area contributed by atoms with Crippen molar-refractivity contribution in [2.75, 3.05) is 11.4 Å². The highest BCUT2D eigenvalue weighted by molar-refractivity contribution is 6.32. The molecule has 0 bridgehead atoms. The van der Waals surface area contributed by atoms with Crippen LogP contribution in [0.15, 0.2) is 69.9 Å². The van der Waals surface area contributed by atoms with Crippen molar-refractivity contribution in [2.45, 2.75) is 58.5 Å². The first-order valence-electron chi connectivity index (χ1n) is 12.7. The Hall–Kier alpha value is -3.17. The largest absolute Gasteiger partial charge is 0.326 e. The minimum Gasteiger partial charge on any atom is -0.310 e. The van der Waals surface area contributed by atoms with Crippen molar-refractivity contribution < 1.29 is 14.6 Å². The Morgan fingerprint density at radius 2 is 1.82 bits per heavy atom. The molecule has 2 aliphatic rings. The predicted octanol–water partition coefficient (Wildman–Crippen LogP) is 6.58. The number of nitrogens with one attached hydrogen (secondary N) is 1. The number of nitrogens with zero attached hydrogens (tertiary/aromatic N) is 3. The number of amides is 2. The van der Waals surface area contributed by atoms with Gasteiger partial charge >= 0.3 is 6.03 Å². The van der Waals surface area contributed by atoms with Crippen LogP contribution in [0, 0.1) is 32.1 Å². The normalized spacial score (nSPS) is 21.9. The lowest BCUT2D eigenvalue weighted by Crippen LogP contribution is -2.53. The number of carbonyl (C=O) groups is 1. The van der Waals surface area contributed by atoms with E-state index in [1.54, 1.807) is 30.4 Å². The zero-order valence-corrected chi connectivity index (χ0v) is 23.1. The minimum absolute atomic E-state index is 0.227. The Labute approximate surface area is 232 Å². The van der Waals surface area contributed by atoms with E-state index in [0.717, 1.165) is 12.0 Å². The minimum atomic E-state index is -1.10. The second-order valence-electron chi connectivity index (χ2n) is 9.30. The van der Waals surface area contributed by atoms with Gasteiger partial charge in [-0.3, -0.25) is 25.1 Å². The SMILES string of the molecule is CCC1=C(NC(=O)N(c2ccc(CC)cc2)C(C[N+](=O)[O-])C2C=CC(Cl)=CC2)C(CC)C([N+](=O)[O-])C=C1Cl. The standard InChI is InChI=1S/C27H32Cl2N4O5/c1-4-17-7-13-20(14-8-17)32(25(16-31(35)36)18-9-11-19(28)12-10-18)27(34)30-26-21(5-2)23(29)15-24(33(37)38)22(26)6-3/h7-9,11-15,18,22,24-25H,4-6,10,16H2,1-3H3,(H,30,34). The summed E-state index contributed by atoms with van der Waals surface area (Å²) >= 11 is 12.5. The molecule has 38 heavy (non-hydrogen) atoms. The van der Waals surface area contributed by atoms with Gasteiger partial charge < -0.3 is 5.32 Å². The van der Waals surface area contributed by atoms with Crippen molar-refractivity contribution in [1.82, 2.24) is 5.32 Å². The number of halogens is 2. The fourth-order valence-electron chi connectivity index (χ4n) is 5.06. The van der Waals surface area contributed by atoms with Crippen LogP contribution in [0.25, 0.3) is 0 Å². The van der Waals surface area contributed by atoms with Gasteiger partial charge in [-0.1, -0.05) is 68.3 Å². The fraction of sp³-hybridized carbons (Fsp3) is 0.444. The molecule has 4 atom stereocenters. The Morgan fingerprint density at radius 3 is 2.32 bits per heavy atom. The number of hydrogen-bond donors (Lipinski definition) is 1. The molecular formula is C27H32Cl2N4O5. The Kier molecular flexibility index (Phi) is 10.1. The summed E-state index contributed by atoms with van der Waals surface area (Å²) in [7, 11) is 0. The lowest BCUT2D eigenvalue weighted by molar-refractivity contribution is -0.517. The van der Waals surface area contributed by atoms with E-state index in [2.05, 4.69) is 5.32 Å². The molecule has 0 heterocycles. The highest BCUT2D eigenvalue weighted by Crippen LogP contribution is 2.36. The molecule has 2 aliphatic carbocycles. The monoisotopic (exact) mass is 562 g/mol. The molecule has 0 aromatic heterocycles. The first-order chi connectivity index (χ1) is 18.1. The number of anilines is 1. The number of carbonyl (C=O) groups excluding carboxylic acids is 1. The summed E-state index contributed by atoms with van der Waals surface area (Å²) < 4.78 is 0. The Bertz CT molecular complexity index is 1190.